The Morgan fingerprint density at radius 3 is 2.59 bits per heavy atom. The van der Waals surface area contributed by atoms with Crippen LogP contribution in [0.3, 0.4) is 0 Å². The summed E-state index contributed by atoms with van der Waals surface area (Å²) in [7, 11) is 0. The van der Waals surface area contributed by atoms with Crippen molar-refractivity contribution in [2.45, 2.75) is 13.3 Å². The molecule has 1 aliphatic rings. The summed E-state index contributed by atoms with van der Waals surface area (Å²) in [6, 6.07) is 16.6. The van der Waals surface area contributed by atoms with Crippen LogP contribution in [0.15, 0.2) is 97.3 Å². The first-order valence-corrected chi connectivity index (χ1v) is 9.11. The number of nitrogens with zero attached hydrogens (tertiary/aromatic N) is 1. The highest BCUT2D eigenvalue weighted by atomic mass is 15.0. The molecule has 0 radical (unpaired) electrons. The lowest BCUT2D eigenvalue weighted by Crippen LogP contribution is -2.04. The second-order valence-electron chi connectivity index (χ2n) is 6.87. The number of aryl methyl sites for hydroxylation is 1. The van der Waals surface area contributed by atoms with Crippen LogP contribution in [0.2, 0.25) is 0 Å². The Balaban J connectivity index is 1.80. The van der Waals surface area contributed by atoms with Crippen LogP contribution in [-0.2, 0) is 6.42 Å². The first kappa shape index (κ1) is 17.0. The molecule has 3 aromatic rings. The van der Waals surface area contributed by atoms with E-state index < -0.39 is 0 Å². The number of allylic oxidation sites excluding steroid dienone is 7. The number of aromatic nitrogens is 1. The van der Waals surface area contributed by atoms with Gasteiger partial charge in [-0.2, -0.15) is 0 Å². The zero-order valence-corrected chi connectivity index (χ0v) is 15.4. The minimum Gasteiger partial charge on any atom is -0.316 e. The molecular weight excluding hydrogens is 328 g/mol. The third-order valence-corrected chi connectivity index (χ3v) is 4.97. The molecule has 1 aromatic heterocycles. The zero-order valence-electron chi connectivity index (χ0n) is 15.4. The van der Waals surface area contributed by atoms with Gasteiger partial charge in [0.15, 0.2) is 0 Å². The van der Waals surface area contributed by atoms with Crippen molar-refractivity contribution >= 4 is 22.3 Å². The molecule has 0 saturated carbocycles. The molecule has 0 spiro atoms. The quantitative estimate of drug-likeness (QED) is 0.552. The van der Waals surface area contributed by atoms with Crippen LogP contribution in [0.4, 0.5) is 0 Å². The summed E-state index contributed by atoms with van der Waals surface area (Å²) in [5.41, 5.74) is 7.15. The Kier molecular flexibility index (Phi) is 4.47. The highest BCUT2D eigenvalue weighted by Gasteiger charge is 2.15. The minimum absolute atomic E-state index is 0.629. The molecule has 0 saturated heterocycles. The predicted molar refractivity (Wildman–Crippen MR) is 115 cm³/mol. The largest absolute Gasteiger partial charge is 0.316 e. The van der Waals surface area contributed by atoms with E-state index in [9.17, 15) is 0 Å². The summed E-state index contributed by atoms with van der Waals surface area (Å²) in [5, 5.41) is 9.88. The van der Waals surface area contributed by atoms with Gasteiger partial charge in [0.25, 0.3) is 0 Å². The van der Waals surface area contributed by atoms with Crippen molar-refractivity contribution in [1.82, 2.24) is 4.57 Å². The lowest BCUT2D eigenvalue weighted by Gasteiger charge is -2.07. The monoisotopic (exact) mass is 350 g/mol. The molecule has 1 aliphatic carbocycles. The SMILES string of the molecule is C=C1C=CC=CC(n2cc(C(=N)Cc3ccccc3C)c3ccccc32)=C1. The topological polar surface area (TPSA) is 28.8 Å². The molecular formula is C25H22N2. The maximum absolute atomic E-state index is 8.78. The Hall–Kier alpha value is -3.39. The summed E-state index contributed by atoms with van der Waals surface area (Å²) < 4.78 is 2.16. The Morgan fingerprint density at radius 2 is 1.74 bits per heavy atom. The number of benzene rings is 2. The van der Waals surface area contributed by atoms with Crippen LogP contribution in [0.5, 0.6) is 0 Å². The Bertz CT molecular complexity index is 1140. The summed E-state index contributed by atoms with van der Waals surface area (Å²) in [4.78, 5) is 0. The van der Waals surface area contributed by atoms with Crippen LogP contribution in [0.25, 0.3) is 16.6 Å². The van der Waals surface area contributed by atoms with Gasteiger partial charge >= 0.3 is 0 Å². The zero-order chi connectivity index (χ0) is 18.8. The van der Waals surface area contributed by atoms with Gasteiger partial charge in [0.1, 0.15) is 0 Å². The van der Waals surface area contributed by atoms with Crippen molar-refractivity contribution in [2.75, 3.05) is 0 Å². The van der Waals surface area contributed by atoms with Crippen LogP contribution in [0.1, 0.15) is 16.7 Å². The molecule has 4 rings (SSSR count). The van der Waals surface area contributed by atoms with Gasteiger partial charge in [0.2, 0.25) is 0 Å². The first-order chi connectivity index (χ1) is 13.1. The number of nitrogens with one attached hydrogen (secondary N) is 1. The average Bonchev–Trinajstić information content (AvgIpc) is 2.92. The number of para-hydroxylation sites is 1. The lowest BCUT2D eigenvalue weighted by molar-refractivity contribution is 1.17. The number of fused-ring (bicyclic) bond motifs is 1. The van der Waals surface area contributed by atoms with Crippen molar-refractivity contribution in [3.05, 3.63) is 114 Å². The third kappa shape index (κ3) is 3.34. The second-order valence-corrected chi connectivity index (χ2v) is 6.87. The lowest BCUT2D eigenvalue weighted by atomic mass is 9.99. The van der Waals surface area contributed by atoms with Gasteiger partial charge in [-0.1, -0.05) is 67.3 Å². The number of rotatable bonds is 4. The normalized spacial score (nSPS) is 13.7. The maximum atomic E-state index is 8.78. The van der Waals surface area contributed by atoms with E-state index in [0.29, 0.717) is 12.1 Å². The third-order valence-electron chi connectivity index (χ3n) is 4.97. The van der Waals surface area contributed by atoms with Crippen molar-refractivity contribution in [3.8, 4) is 0 Å². The number of hydrogen-bond donors (Lipinski definition) is 1. The standard InChI is InChI=1S/C25H22N2/c1-18-9-3-6-12-21(15-18)27-17-23(22-13-7-8-14-25(22)27)24(26)16-20-11-5-4-10-19(20)2/h3-15,17,26H,1,16H2,2H3. The molecule has 0 atom stereocenters. The fourth-order valence-corrected chi connectivity index (χ4v) is 3.50. The van der Waals surface area contributed by atoms with Gasteiger partial charge in [-0.3, -0.25) is 0 Å². The smallest absolute Gasteiger partial charge is 0.0535 e. The van der Waals surface area contributed by atoms with Crippen LogP contribution in [0, 0.1) is 12.3 Å². The van der Waals surface area contributed by atoms with Crippen molar-refractivity contribution < 1.29 is 0 Å². The maximum Gasteiger partial charge on any atom is 0.0535 e. The van der Waals surface area contributed by atoms with E-state index in [4.69, 9.17) is 5.41 Å². The van der Waals surface area contributed by atoms with Gasteiger partial charge in [0.05, 0.1) is 5.52 Å². The summed E-state index contributed by atoms with van der Waals surface area (Å²) in [6.45, 7) is 6.18. The molecule has 0 bridgehead atoms. The second kappa shape index (κ2) is 7.08. The van der Waals surface area contributed by atoms with Crippen molar-refractivity contribution in [1.29, 1.82) is 5.41 Å². The van der Waals surface area contributed by atoms with E-state index in [-0.39, 0.29) is 0 Å². The Morgan fingerprint density at radius 1 is 1.00 bits per heavy atom. The molecule has 0 aliphatic heterocycles. The van der Waals surface area contributed by atoms with Gasteiger partial charge in [-0.25, -0.2) is 0 Å². The van der Waals surface area contributed by atoms with Gasteiger partial charge in [-0.05, 0) is 41.8 Å². The summed E-state index contributed by atoms with van der Waals surface area (Å²) in [6.07, 6.45) is 12.9. The molecule has 0 unspecified atom stereocenters. The van der Waals surface area contributed by atoms with Gasteiger partial charge in [0, 0.05) is 35.0 Å². The predicted octanol–water partition coefficient (Wildman–Crippen LogP) is 6.08. The van der Waals surface area contributed by atoms with E-state index in [0.717, 1.165) is 27.7 Å². The van der Waals surface area contributed by atoms with Crippen molar-refractivity contribution in [3.63, 3.8) is 0 Å². The molecule has 2 aromatic carbocycles. The minimum atomic E-state index is 0.629. The number of hydrogen-bond acceptors (Lipinski definition) is 1. The van der Waals surface area contributed by atoms with E-state index in [1.165, 1.54) is 11.1 Å². The highest BCUT2D eigenvalue weighted by molar-refractivity contribution is 6.11. The molecule has 0 fully saturated rings. The van der Waals surface area contributed by atoms with Crippen LogP contribution >= 0.6 is 0 Å². The fourth-order valence-electron chi connectivity index (χ4n) is 3.50. The summed E-state index contributed by atoms with van der Waals surface area (Å²) >= 11 is 0. The van der Waals surface area contributed by atoms with E-state index in [1.54, 1.807) is 0 Å². The van der Waals surface area contributed by atoms with Crippen LogP contribution in [-0.4, -0.2) is 10.3 Å². The van der Waals surface area contributed by atoms with Gasteiger partial charge in [-0.15, -0.1) is 0 Å². The van der Waals surface area contributed by atoms with E-state index >= 15 is 0 Å². The van der Waals surface area contributed by atoms with Crippen LogP contribution < -0.4 is 0 Å². The average molecular weight is 350 g/mol. The Labute approximate surface area is 160 Å². The summed E-state index contributed by atoms with van der Waals surface area (Å²) in [5.74, 6) is 0. The molecule has 132 valence electrons. The first-order valence-electron chi connectivity index (χ1n) is 9.11. The molecule has 27 heavy (non-hydrogen) atoms. The highest BCUT2D eigenvalue weighted by Crippen LogP contribution is 2.27. The molecule has 2 heteroatoms. The van der Waals surface area contributed by atoms with Crippen molar-refractivity contribution in [2.24, 2.45) is 0 Å². The van der Waals surface area contributed by atoms with E-state index in [1.807, 2.05) is 42.5 Å². The molecule has 1 N–H and O–H groups in total. The molecule has 0 amide bonds. The fraction of sp³-hybridized carbons (Fsp3) is 0.0800. The molecule has 2 nitrogen and oxygen atoms in total. The van der Waals surface area contributed by atoms with Gasteiger partial charge < -0.3 is 9.98 Å². The molecule has 1 heterocycles. The van der Waals surface area contributed by atoms with E-state index in [2.05, 4.69) is 60.7 Å².